The highest BCUT2D eigenvalue weighted by Crippen LogP contribution is 2.21. The highest BCUT2D eigenvalue weighted by Gasteiger charge is 2.16. The molecule has 0 saturated heterocycles. The quantitative estimate of drug-likeness (QED) is 0.406. The number of rotatable bonds is 6. The lowest BCUT2D eigenvalue weighted by Crippen LogP contribution is -2.30. The number of carbonyl (C=O) groups excluding carboxylic acids is 2. The monoisotopic (exact) mass is 411 g/mol. The fourth-order valence-electron chi connectivity index (χ4n) is 3.18. The van der Waals surface area contributed by atoms with Gasteiger partial charge in [-0.25, -0.2) is 0 Å². The number of hydrogen-bond donors (Lipinski definition) is 3. The van der Waals surface area contributed by atoms with Crippen molar-refractivity contribution in [1.82, 2.24) is 10.3 Å². The van der Waals surface area contributed by atoms with Crippen molar-refractivity contribution >= 4 is 34.5 Å². The molecule has 0 bridgehead atoms. The third kappa shape index (κ3) is 4.64. The van der Waals surface area contributed by atoms with E-state index in [-0.39, 0.29) is 5.70 Å². The minimum absolute atomic E-state index is 0.134. The summed E-state index contributed by atoms with van der Waals surface area (Å²) in [4.78, 5) is 29.0. The molecule has 154 valence electrons. The number of fused-ring (bicyclic) bond motifs is 1. The van der Waals surface area contributed by atoms with E-state index in [0.29, 0.717) is 17.0 Å². The molecule has 4 rings (SSSR count). The predicted octanol–water partition coefficient (Wildman–Crippen LogP) is 4.59. The average Bonchev–Trinajstić information content (AvgIpc) is 3.22. The summed E-state index contributed by atoms with van der Waals surface area (Å²) < 4.78 is 5.13. The minimum atomic E-state index is -0.418. The second-order valence-corrected chi connectivity index (χ2v) is 6.85. The topological polar surface area (TPSA) is 83.2 Å². The first kappa shape index (κ1) is 20.0. The number of ether oxygens (including phenoxy) is 1. The standard InChI is InChI=1S/C25H21N3O3/c1-31-20-13-11-17(12-14-20)24(29)28-23(25(30)27-19-7-3-2-4-8-19)15-18-16-26-22-10-6-5-9-21(18)22/h2-16,26H,1H3,(H,27,30)(H,28,29)/b23-15+. The zero-order chi connectivity index (χ0) is 21.6. The second kappa shape index (κ2) is 9.00. The molecule has 0 unspecified atom stereocenters. The largest absolute Gasteiger partial charge is 0.497 e. The zero-order valence-electron chi connectivity index (χ0n) is 16.9. The molecular weight excluding hydrogens is 390 g/mol. The fraction of sp³-hybridized carbons (Fsp3) is 0.0400. The van der Waals surface area contributed by atoms with Crippen LogP contribution >= 0.6 is 0 Å². The Morgan fingerprint density at radius 3 is 2.35 bits per heavy atom. The van der Waals surface area contributed by atoms with E-state index in [1.165, 1.54) is 0 Å². The summed E-state index contributed by atoms with van der Waals surface area (Å²) in [6.45, 7) is 0. The Balaban J connectivity index is 1.66. The van der Waals surface area contributed by atoms with E-state index < -0.39 is 11.8 Å². The molecule has 0 atom stereocenters. The van der Waals surface area contributed by atoms with Crippen LogP contribution in [0.15, 0.2) is 90.8 Å². The van der Waals surface area contributed by atoms with E-state index in [2.05, 4.69) is 15.6 Å². The first-order chi connectivity index (χ1) is 15.1. The van der Waals surface area contributed by atoms with Crippen molar-refractivity contribution in [2.24, 2.45) is 0 Å². The minimum Gasteiger partial charge on any atom is -0.497 e. The third-order valence-corrected chi connectivity index (χ3v) is 4.80. The molecule has 0 radical (unpaired) electrons. The second-order valence-electron chi connectivity index (χ2n) is 6.85. The molecule has 0 aliphatic heterocycles. The first-order valence-electron chi connectivity index (χ1n) is 9.73. The van der Waals surface area contributed by atoms with Gasteiger partial charge in [-0.1, -0.05) is 36.4 Å². The molecular formula is C25H21N3O3. The fourth-order valence-corrected chi connectivity index (χ4v) is 3.18. The van der Waals surface area contributed by atoms with Gasteiger partial charge in [-0.15, -0.1) is 0 Å². The van der Waals surface area contributed by atoms with Crippen LogP contribution in [-0.2, 0) is 4.79 Å². The van der Waals surface area contributed by atoms with Gasteiger partial charge in [0.25, 0.3) is 11.8 Å². The van der Waals surface area contributed by atoms with Gasteiger partial charge in [-0.05, 0) is 48.5 Å². The highest BCUT2D eigenvalue weighted by molar-refractivity contribution is 6.11. The summed E-state index contributed by atoms with van der Waals surface area (Å²) in [5.41, 5.74) is 2.92. The normalized spacial score (nSPS) is 11.2. The van der Waals surface area contributed by atoms with E-state index >= 15 is 0 Å². The van der Waals surface area contributed by atoms with Gasteiger partial charge in [0.2, 0.25) is 0 Å². The number of aromatic nitrogens is 1. The molecule has 2 amide bonds. The molecule has 0 aliphatic carbocycles. The molecule has 0 saturated carbocycles. The van der Waals surface area contributed by atoms with Crippen LogP contribution in [0, 0.1) is 0 Å². The van der Waals surface area contributed by atoms with Crippen LogP contribution in [0.4, 0.5) is 5.69 Å². The van der Waals surface area contributed by atoms with Gasteiger partial charge in [-0.2, -0.15) is 0 Å². The van der Waals surface area contributed by atoms with Crippen LogP contribution < -0.4 is 15.4 Å². The SMILES string of the molecule is COc1ccc(C(=O)N/C(=C/c2c[nH]c3ccccc23)C(=O)Nc2ccccc2)cc1. The molecule has 3 N–H and O–H groups in total. The van der Waals surface area contributed by atoms with Gasteiger partial charge < -0.3 is 20.4 Å². The Kier molecular flexibility index (Phi) is 5.80. The molecule has 3 aromatic carbocycles. The molecule has 1 heterocycles. The molecule has 6 heteroatoms. The number of H-pyrrole nitrogens is 1. The maximum atomic E-state index is 13.0. The van der Waals surface area contributed by atoms with E-state index in [9.17, 15) is 9.59 Å². The van der Waals surface area contributed by atoms with E-state index in [1.807, 2.05) is 42.5 Å². The van der Waals surface area contributed by atoms with Crippen LogP contribution in [0.1, 0.15) is 15.9 Å². The molecule has 4 aromatic rings. The number of carbonyl (C=O) groups is 2. The molecule has 0 spiro atoms. The van der Waals surface area contributed by atoms with Crippen molar-refractivity contribution in [2.45, 2.75) is 0 Å². The maximum Gasteiger partial charge on any atom is 0.272 e. The van der Waals surface area contributed by atoms with Crippen molar-refractivity contribution in [3.8, 4) is 5.75 Å². The van der Waals surface area contributed by atoms with E-state index in [1.54, 1.807) is 55.8 Å². The van der Waals surface area contributed by atoms with Crippen LogP contribution in [0.3, 0.4) is 0 Å². The van der Waals surface area contributed by atoms with Crippen molar-refractivity contribution in [2.75, 3.05) is 12.4 Å². The lowest BCUT2D eigenvalue weighted by Gasteiger charge is -2.11. The lowest BCUT2D eigenvalue weighted by atomic mass is 10.1. The van der Waals surface area contributed by atoms with Crippen LogP contribution in [-0.4, -0.2) is 23.9 Å². The van der Waals surface area contributed by atoms with Gasteiger partial charge >= 0.3 is 0 Å². The van der Waals surface area contributed by atoms with E-state index in [4.69, 9.17) is 4.74 Å². The Morgan fingerprint density at radius 2 is 1.61 bits per heavy atom. The summed E-state index contributed by atoms with van der Waals surface area (Å²) >= 11 is 0. The molecule has 0 fully saturated rings. The van der Waals surface area contributed by atoms with E-state index in [0.717, 1.165) is 16.5 Å². The van der Waals surface area contributed by atoms with Crippen LogP contribution in [0.5, 0.6) is 5.75 Å². The molecule has 6 nitrogen and oxygen atoms in total. The van der Waals surface area contributed by atoms with Gasteiger partial charge in [0.15, 0.2) is 0 Å². The highest BCUT2D eigenvalue weighted by atomic mass is 16.5. The summed E-state index contributed by atoms with van der Waals surface area (Å²) in [6, 6.07) is 23.5. The Bertz CT molecular complexity index is 1240. The predicted molar refractivity (Wildman–Crippen MR) is 122 cm³/mol. The Hall–Kier alpha value is -4.32. The number of para-hydroxylation sites is 2. The van der Waals surface area contributed by atoms with Gasteiger partial charge in [0, 0.05) is 33.9 Å². The van der Waals surface area contributed by atoms with Crippen molar-refractivity contribution in [1.29, 1.82) is 0 Å². The molecule has 0 aliphatic rings. The molecule has 1 aromatic heterocycles. The number of amides is 2. The Morgan fingerprint density at radius 1 is 0.903 bits per heavy atom. The lowest BCUT2D eigenvalue weighted by molar-refractivity contribution is -0.113. The third-order valence-electron chi connectivity index (χ3n) is 4.80. The van der Waals surface area contributed by atoms with Gasteiger partial charge in [-0.3, -0.25) is 9.59 Å². The van der Waals surface area contributed by atoms with Gasteiger partial charge in [0.05, 0.1) is 7.11 Å². The van der Waals surface area contributed by atoms with Gasteiger partial charge in [0.1, 0.15) is 11.4 Å². The number of methoxy groups -OCH3 is 1. The summed E-state index contributed by atoms with van der Waals surface area (Å²) in [6.07, 6.45) is 3.47. The summed E-state index contributed by atoms with van der Waals surface area (Å²) in [5, 5.41) is 6.52. The van der Waals surface area contributed by atoms with Crippen LogP contribution in [0.2, 0.25) is 0 Å². The zero-order valence-corrected chi connectivity index (χ0v) is 16.9. The molecule has 31 heavy (non-hydrogen) atoms. The maximum absolute atomic E-state index is 13.0. The number of benzene rings is 3. The smallest absolute Gasteiger partial charge is 0.272 e. The summed E-state index contributed by atoms with van der Waals surface area (Å²) in [7, 11) is 1.56. The van der Waals surface area contributed by atoms with Crippen molar-refractivity contribution in [3.05, 3.63) is 102 Å². The van der Waals surface area contributed by atoms with Crippen LogP contribution in [0.25, 0.3) is 17.0 Å². The number of aromatic amines is 1. The first-order valence-corrected chi connectivity index (χ1v) is 9.73. The van der Waals surface area contributed by atoms with Crippen molar-refractivity contribution < 1.29 is 14.3 Å². The number of anilines is 1. The number of nitrogens with one attached hydrogen (secondary N) is 3. The van der Waals surface area contributed by atoms with Crippen molar-refractivity contribution in [3.63, 3.8) is 0 Å². The average molecular weight is 411 g/mol. The number of hydrogen-bond acceptors (Lipinski definition) is 3. The Labute approximate surface area is 179 Å². The summed E-state index contributed by atoms with van der Waals surface area (Å²) in [5.74, 6) is -0.164.